The quantitative estimate of drug-likeness (QED) is 0.838. The van der Waals surface area contributed by atoms with Gasteiger partial charge in [-0.15, -0.1) is 24.0 Å². The van der Waals surface area contributed by atoms with E-state index in [0.717, 1.165) is 34.9 Å². The zero-order chi connectivity index (χ0) is 13.8. The number of methoxy groups -OCH3 is 1. The molecule has 2 rings (SSSR count). The number of H-pyrrole nitrogens is 1. The monoisotopic (exact) mass is 314 g/mol. The summed E-state index contributed by atoms with van der Waals surface area (Å²) >= 11 is 5.87. The Morgan fingerprint density at radius 3 is 2.70 bits per heavy atom. The van der Waals surface area contributed by atoms with Gasteiger partial charge in [0.25, 0.3) is 0 Å². The smallest absolute Gasteiger partial charge is 0.141 e. The average Bonchev–Trinajstić information content (AvgIpc) is 2.79. The van der Waals surface area contributed by atoms with Gasteiger partial charge in [0, 0.05) is 11.6 Å². The van der Waals surface area contributed by atoms with Gasteiger partial charge in [0.2, 0.25) is 0 Å². The summed E-state index contributed by atoms with van der Waals surface area (Å²) in [6, 6.07) is 7.88. The standard InChI is InChI=1S/C15H19ClN2O.ClH/c1-10(9-16)8-13-11(2)17-15(18-13)12-6-4-5-7-14(12)19-3;/h4-7,10H,8-9H2,1-3H3,(H,17,18);1H. The minimum absolute atomic E-state index is 0. The van der Waals surface area contributed by atoms with Crippen LogP contribution in [0.15, 0.2) is 24.3 Å². The Morgan fingerprint density at radius 2 is 2.05 bits per heavy atom. The van der Waals surface area contributed by atoms with Crippen LogP contribution in [0.1, 0.15) is 18.3 Å². The van der Waals surface area contributed by atoms with Crippen LogP contribution >= 0.6 is 24.0 Å². The fraction of sp³-hybridized carbons (Fsp3) is 0.400. The first kappa shape index (κ1) is 16.9. The molecular formula is C15H20Cl2N2O. The number of halogens is 2. The minimum Gasteiger partial charge on any atom is -0.496 e. The highest BCUT2D eigenvalue weighted by Crippen LogP contribution is 2.28. The van der Waals surface area contributed by atoms with E-state index < -0.39 is 0 Å². The maximum Gasteiger partial charge on any atom is 0.141 e. The molecule has 1 heterocycles. The van der Waals surface area contributed by atoms with E-state index in [9.17, 15) is 0 Å². The van der Waals surface area contributed by atoms with E-state index in [1.807, 2.05) is 31.2 Å². The number of benzene rings is 1. The molecule has 0 aliphatic carbocycles. The Kier molecular flexibility index (Phi) is 6.37. The molecule has 0 aliphatic heterocycles. The fourth-order valence-corrected chi connectivity index (χ4v) is 2.16. The number of rotatable bonds is 5. The summed E-state index contributed by atoms with van der Waals surface area (Å²) in [6.45, 7) is 4.17. The van der Waals surface area contributed by atoms with E-state index in [1.54, 1.807) is 7.11 Å². The largest absolute Gasteiger partial charge is 0.496 e. The molecular weight excluding hydrogens is 295 g/mol. The van der Waals surface area contributed by atoms with Crippen LogP contribution in [0.3, 0.4) is 0 Å². The minimum atomic E-state index is 0. The second-order valence-corrected chi connectivity index (χ2v) is 5.13. The summed E-state index contributed by atoms with van der Waals surface area (Å²) in [7, 11) is 1.67. The van der Waals surface area contributed by atoms with Crippen molar-refractivity contribution in [2.24, 2.45) is 5.92 Å². The molecule has 5 heteroatoms. The van der Waals surface area contributed by atoms with E-state index in [0.29, 0.717) is 11.8 Å². The van der Waals surface area contributed by atoms with Crippen molar-refractivity contribution >= 4 is 24.0 Å². The number of ether oxygens (including phenoxy) is 1. The van der Waals surface area contributed by atoms with Gasteiger partial charge < -0.3 is 9.72 Å². The molecule has 0 aliphatic rings. The van der Waals surface area contributed by atoms with E-state index in [-0.39, 0.29) is 12.4 Å². The Labute approximate surface area is 131 Å². The Bertz CT molecular complexity index is 555. The number of aryl methyl sites for hydroxylation is 1. The van der Waals surface area contributed by atoms with Crippen molar-refractivity contribution in [1.29, 1.82) is 0 Å². The molecule has 0 saturated carbocycles. The van der Waals surface area contributed by atoms with Crippen molar-refractivity contribution < 1.29 is 4.74 Å². The molecule has 1 aromatic carbocycles. The number of hydrogen-bond acceptors (Lipinski definition) is 2. The lowest BCUT2D eigenvalue weighted by molar-refractivity contribution is 0.416. The molecule has 0 spiro atoms. The molecule has 0 saturated heterocycles. The molecule has 1 N–H and O–H groups in total. The van der Waals surface area contributed by atoms with Crippen LogP contribution in [-0.2, 0) is 6.42 Å². The van der Waals surface area contributed by atoms with Crippen LogP contribution in [0.5, 0.6) is 5.75 Å². The SMILES string of the molecule is COc1ccccc1-c1nc(CC(C)CCl)c(C)[nH]1.Cl. The molecule has 3 nitrogen and oxygen atoms in total. The summed E-state index contributed by atoms with van der Waals surface area (Å²) in [6.07, 6.45) is 0.890. The highest BCUT2D eigenvalue weighted by Gasteiger charge is 2.13. The molecule has 0 radical (unpaired) electrons. The van der Waals surface area contributed by atoms with Crippen molar-refractivity contribution in [3.05, 3.63) is 35.7 Å². The van der Waals surface area contributed by atoms with Gasteiger partial charge in [-0.25, -0.2) is 4.98 Å². The molecule has 1 aromatic heterocycles. The second kappa shape index (κ2) is 7.55. The molecule has 0 bridgehead atoms. The summed E-state index contributed by atoms with van der Waals surface area (Å²) in [5.41, 5.74) is 3.16. The normalized spacial score (nSPS) is 11.8. The van der Waals surface area contributed by atoms with Gasteiger partial charge in [-0.2, -0.15) is 0 Å². The van der Waals surface area contributed by atoms with Gasteiger partial charge in [-0.05, 0) is 31.4 Å². The third kappa shape index (κ3) is 3.68. The number of para-hydroxylation sites is 1. The highest BCUT2D eigenvalue weighted by atomic mass is 35.5. The first-order chi connectivity index (χ1) is 9.15. The number of hydrogen-bond donors (Lipinski definition) is 1. The predicted octanol–water partition coefficient (Wildman–Crippen LogP) is 4.23. The maximum absolute atomic E-state index is 5.87. The molecule has 110 valence electrons. The Hall–Kier alpha value is -1.19. The summed E-state index contributed by atoms with van der Waals surface area (Å²) in [5.74, 6) is 2.75. The lowest BCUT2D eigenvalue weighted by Crippen LogP contribution is -2.02. The van der Waals surface area contributed by atoms with Gasteiger partial charge in [-0.1, -0.05) is 19.1 Å². The first-order valence-corrected chi connectivity index (χ1v) is 6.94. The lowest BCUT2D eigenvalue weighted by atomic mass is 10.1. The van der Waals surface area contributed by atoms with Gasteiger partial charge in [0.05, 0.1) is 18.4 Å². The van der Waals surface area contributed by atoms with Crippen LogP contribution in [0.4, 0.5) is 0 Å². The van der Waals surface area contributed by atoms with Crippen molar-refractivity contribution in [3.63, 3.8) is 0 Å². The van der Waals surface area contributed by atoms with E-state index >= 15 is 0 Å². The first-order valence-electron chi connectivity index (χ1n) is 6.40. The average molecular weight is 315 g/mol. The van der Waals surface area contributed by atoms with Gasteiger partial charge in [0.15, 0.2) is 0 Å². The van der Waals surface area contributed by atoms with Gasteiger partial charge >= 0.3 is 0 Å². The summed E-state index contributed by atoms with van der Waals surface area (Å²) in [4.78, 5) is 8.01. The molecule has 1 atom stereocenters. The summed E-state index contributed by atoms with van der Waals surface area (Å²) < 4.78 is 5.37. The number of aromatic amines is 1. The number of nitrogens with zero attached hydrogens (tertiary/aromatic N) is 1. The van der Waals surface area contributed by atoms with Gasteiger partial charge in [-0.3, -0.25) is 0 Å². The number of alkyl halides is 1. The van der Waals surface area contributed by atoms with Gasteiger partial charge in [0.1, 0.15) is 11.6 Å². The summed E-state index contributed by atoms with van der Waals surface area (Å²) in [5, 5.41) is 0. The maximum atomic E-state index is 5.87. The third-order valence-electron chi connectivity index (χ3n) is 3.15. The van der Waals surface area contributed by atoms with Crippen molar-refractivity contribution in [3.8, 4) is 17.1 Å². The van der Waals surface area contributed by atoms with E-state index in [1.165, 1.54) is 0 Å². The van der Waals surface area contributed by atoms with E-state index in [2.05, 4.69) is 16.9 Å². The number of aromatic nitrogens is 2. The van der Waals surface area contributed by atoms with Crippen LogP contribution in [0, 0.1) is 12.8 Å². The fourth-order valence-electron chi connectivity index (χ4n) is 2.05. The second-order valence-electron chi connectivity index (χ2n) is 4.82. The Balaban J connectivity index is 0.00000200. The van der Waals surface area contributed by atoms with E-state index in [4.69, 9.17) is 16.3 Å². The molecule has 2 aromatic rings. The molecule has 0 fully saturated rings. The molecule has 1 unspecified atom stereocenters. The number of imidazole rings is 1. The molecule has 0 amide bonds. The zero-order valence-electron chi connectivity index (χ0n) is 11.9. The van der Waals surface area contributed by atoms with Crippen molar-refractivity contribution in [2.75, 3.05) is 13.0 Å². The van der Waals surface area contributed by atoms with Crippen LogP contribution in [-0.4, -0.2) is 23.0 Å². The molecule has 20 heavy (non-hydrogen) atoms. The Morgan fingerprint density at radius 1 is 1.35 bits per heavy atom. The number of nitrogens with one attached hydrogen (secondary N) is 1. The topological polar surface area (TPSA) is 37.9 Å². The highest BCUT2D eigenvalue weighted by molar-refractivity contribution is 6.18. The lowest BCUT2D eigenvalue weighted by Gasteiger charge is -2.05. The third-order valence-corrected chi connectivity index (χ3v) is 3.68. The van der Waals surface area contributed by atoms with Crippen LogP contribution in [0.25, 0.3) is 11.4 Å². The predicted molar refractivity (Wildman–Crippen MR) is 86.1 cm³/mol. The van der Waals surface area contributed by atoms with Crippen molar-refractivity contribution in [2.45, 2.75) is 20.3 Å². The van der Waals surface area contributed by atoms with Crippen LogP contribution in [0.2, 0.25) is 0 Å². The van der Waals surface area contributed by atoms with Crippen LogP contribution < -0.4 is 4.74 Å². The zero-order valence-corrected chi connectivity index (χ0v) is 13.5. The van der Waals surface area contributed by atoms with Crippen molar-refractivity contribution in [1.82, 2.24) is 9.97 Å².